The molecule has 2 aromatic heterocycles. The van der Waals surface area contributed by atoms with Gasteiger partial charge in [0.1, 0.15) is 5.58 Å². The maximum Gasteiger partial charge on any atom is 0.374 e. The zero-order chi connectivity index (χ0) is 17.8. The molecular formula is C16H11ClN2O6. The maximum absolute atomic E-state index is 11.9. The quantitative estimate of drug-likeness (QED) is 0.544. The van der Waals surface area contributed by atoms with Crippen LogP contribution in [0.15, 0.2) is 51.5 Å². The van der Waals surface area contributed by atoms with Crippen LogP contribution in [0.4, 0.5) is 0 Å². The SMILES string of the molecule is O=C(COC(=O)c1cc2cc(Cl)ccc2o1)NNC(=O)c1ccco1. The van der Waals surface area contributed by atoms with Crippen LogP contribution >= 0.6 is 11.6 Å². The van der Waals surface area contributed by atoms with E-state index in [2.05, 4.69) is 10.9 Å². The number of rotatable bonds is 4. The predicted molar refractivity (Wildman–Crippen MR) is 85.8 cm³/mol. The Labute approximate surface area is 145 Å². The summed E-state index contributed by atoms with van der Waals surface area (Å²) in [5, 5.41) is 1.13. The van der Waals surface area contributed by atoms with Crippen molar-refractivity contribution < 1.29 is 28.0 Å². The van der Waals surface area contributed by atoms with E-state index in [1.54, 1.807) is 18.2 Å². The summed E-state index contributed by atoms with van der Waals surface area (Å²) in [5.74, 6) is -2.23. The zero-order valence-electron chi connectivity index (χ0n) is 12.6. The molecular weight excluding hydrogens is 352 g/mol. The van der Waals surface area contributed by atoms with Gasteiger partial charge in [-0.3, -0.25) is 20.4 Å². The Kier molecular flexibility index (Phi) is 4.71. The lowest BCUT2D eigenvalue weighted by atomic mass is 10.2. The molecule has 0 radical (unpaired) electrons. The Hall–Kier alpha value is -3.26. The number of nitrogens with one attached hydrogen (secondary N) is 2. The van der Waals surface area contributed by atoms with Crippen molar-refractivity contribution in [2.45, 2.75) is 0 Å². The Morgan fingerprint density at radius 2 is 1.92 bits per heavy atom. The molecule has 3 aromatic rings. The van der Waals surface area contributed by atoms with Crippen molar-refractivity contribution in [2.24, 2.45) is 0 Å². The second-order valence-electron chi connectivity index (χ2n) is 4.85. The molecule has 0 spiro atoms. The van der Waals surface area contributed by atoms with Gasteiger partial charge in [0.2, 0.25) is 5.76 Å². The van der Waals surface area contributed by atoms with Crippen molar-refractivity contribution in [1.82, 2.24) is 10.9 Å². The molecule has 1 aromatic carbocycles. The largest absolute Gasteiger partial charge is 0.459 e. The summed E-state index contributed by atoms with van der Waals surface area (Å²) in [6.07, 6.45) is 1.32. The monoisotopic (exact) mass is 362 g/mol. The minimum Gasteiger partial charge on any atom is -0.459 e. The van der Waals surface area contributed by atoms with E-state index in [-0.39, 0.29) is 11.5 Å². The zero-order valence-corrected chi connectivity index (χ0v) is 13.3. The molecule has 0 aliphatic rings. The second kappa shape index (κ2) is 7.10. The van der Waals surface area contributed by atoms with Crippen LogP contribution in [-0.4, -0.2) is 24.4 Å². The Balaban J connectivity index is 1.50. The van der Waals surface area contributed by atoms with Crippen LogP contribution in [0.3, 0.4) is 0 Å². The van der Waals surface area contributed by atoms with Gasteiger partial charge in [0.25, 0.3) is 5.91 Å². The van der Waals surface area contributed by atoms with E-state index in [0.717, 1.165) is 0 Å². The molecule has 0 fully saturated rings. The van der Waals surface area contributed by atoms with Crippen LogP contribution in [0.5, 0.6) is 0 Å². The molecule has 0 saturated carbocycles. The number of esters is 1. The van der Waals surface area contributed by atoms with Crippen molar-refractivity contribution in [1.29, 1.82) is 0 Å². The van der Waals surface area contributed by atoms with Crippen LogP contribution in [-0.2, 0) is 9.53 Å². The van der Waals surface area contributed by atoms with Gasteiger partial charge in [0.15, 0.2) is 12.4 Å². The van der Waals surface area contributed by atoms with E-state index in [1.807, 2.05) is 0 Å². The fourth-order valence-corrected chi connectivity index (χ4v) is 2.13. The summed E-state index contributed by atoms with van der Waals surface area (Å²) >= 11 is 5.86. The van der Waals surface area contributed by atoms with Crippen molar-refractivity contribution in [3.8, 4) is 0 Å². The average molecular weight is 363 g/mol. The molecule has 2 N–H and O–H groups in total. The molecule has 2 amide bonds. The van der Waals surface area contributed by atoms with E-state index in [4.69, 9.17) is 25.2 Å². The van der Waals surface area contributed by atoms with Gasteiger partial charge in [-0.2, -0.15) is 0 Å². The summed E-state index contributed by atoms with van der Waals surface area (Å²) < 4.78 is 15.0. The number of benzene rings is 1. The van der Waals surface area contributed by atoms with Crippen molar-refractivity contribution in [3.63, 3.8) is 0 Å². The maximum atomic E-state index is 11.9. The first-order valence-corrected chi connectivity index (χ1v) is 7.39. The molecule has 3 rings (SSSR count). The molecule has 0 unspecified atom stereocenters. The Morgan fingerprint density at radius 1 is 1.08 bits per heavy atom. The standard InChI is InChI=1S/C16H11ClN2O6/c17-10-3-4-11-9(6-10)7-13(25-11)16(22)24-8-14(20)18-19-15(21)12-2-1-5-23-12/h1-7H,8H2,(H,18,20)(H,19,21). The van der Waals surface area contributed by atoms with Gasteiger partial charge in [0, 0.05) is 10.4 Å². The fourth-order valence-electron chi connectivity index (χ4n) is 1.95. The Bertz CT molecular complexity index is 931. The first-order valence-electron chi connectivity index (χ1n) is 7.02. The van der Waals surface area contributed by atoms with Gasteiger partial charge in [0.05, 0.1) is 6.26 Å². The molecule has 25 heavy (non-hydrogen) atoms. The number of carbonyl (C=O) groups excluding carboxylic acids is 3. The van der Waals surface area contributed by atoms with Crippen molar-refractivity contribution >= 4 is 40.4 Å². The van der Waals surface area contributed by atoms with Gasteiger partial charge in [-0.15, -0.1) is 0 Å². The molecule has 128 valence electrons. The first-order chi connectivity index (χ1) is 12.0. The summed E-state index contributed by atoms with van der Waals surface area (Å²) in [6, 6.07) is 9.28. The topological polar surface area (TPSA) is 111 Å². The predicted octanol–water partition coefficient (Wildman–Crippen LogP) is 2.30. The second-order valence-corrected chi connectivity index (χ2v) is 5.28. The van der Waals surface area contributed by atoms with Crippen molar-refractivity contribution in [3.05, 3.63) is 59.2 Å². The van der Waals surface area contributed by atoms with Gasteiger partial charge in [-0.1, -0.05) is 11.6 Å². The number of hydrogen-bond acceptors (Lipinski definition) is 6. The Morgan fingerprint density at radius 3 is 2.68 bits per heavy atom. The highest BCUT2D eigenvalue weighted by Crippen LogP contribution is 2.23. The lowest BCUT2D eigenvalue weighted by Gasteiger charge is -2.06. The van der Waals surface area contributed by atoms with E-state index < -0.39 is 24.4 Å². The number of ether oxygens (including phenoxy) is 1. The molecule has 0 bridgehead atoms. The van der Waals surface area contributed by atoms with Crippen molar-refractivity contribution in [2.75, 3.05) is 6.61 Å². The first kappa shape index (κ1) is 16.6. The highest BCUT2D eigenvalue weighted by molar-refractivity contribution is 6.31. The summed E-state index contributed by atoms with van der Waals surface area (Å²) in [5.41, 5.74) is 4.67. The smallest absolute Gasteiger partial charge is 0.374 e. The summed E-state index contributed by atoms with van der Waals surface area (Å²) in [6.45, 7) is -0.602. The van der Waals surface area contributed by atoms with Crippen LogP contribution in [0, 0.1) is 0 Å². The number of furan rings is 2. The number of hydrazine groups is 1. The van der Waals surface area contributed by atoms with Crippen LogP contribution in [0.25, 0.3) is 11.0 Å². The van der Waals surface area contributed by atoms with Crippen LogP contribution in [0.2, 0.25) is 5.02 Å². The lowest BCUT2D eigenvalue weighted by molar-refractivity contribution is -0.125. The normalized spacial score (nSPS) is 10.4. The molecule has 0 aliphatic carbocycles. The molecule has 0 aliphatic heterocycles. The lowest BCUT2D eigenvalue weighted by Crippen LogP contribution is -2.43. The van der Waals surface area contributed by atoms with E-state index in [9.17, 15) is 14.4 Å². The minimum absolute atomic E-state index is 0.0261. The third-order valence-electron chi connectivity index (χ3n) is 3.07. The number of carbonyl (C=O) groups is 3. The molecule has 0 atom stereocenters. The number of hydrogen-bond donors (Lipinski definition) is 2. The highest BCUT2D eigenvalue weighted by atomic mass is 35.5. The number of fused-ring (bicyclic) bond motifs is 1. The average Bonchev–Trinajstić information content (AvgIpc) is 3.26. The minimum atomic E-state index is -0.820. The molecule has 8 nitrogen and oxygen atoms in total. The fraction of sp³-hybridized carbons (Fsp3) is 0.0625. The van der Waals surface area contributed by atoms with E-state index >= 15 is 0 Å². The molecule has 2 heterocycles. The van der Waals surface area contributed by atoms with Crippen LogP contribution < -0.4 is 10.9 Å². The molecule has 0 saturated heterocycles. The number of amides is 2. The van der Waals surface area contributed by atoms with Gasteiger partial charge in [-0.05, 0) is 36.4 Å². The van der Waals surface area contributed by atoms with Crippen LogP contribution in [0.1, 0.15) is 21.1 Å². The van der Waals surface area contributed by atoms with Gasteiger partial charge >= 0.3 is 11.9 Å². The van der Waals surface area contributed by atoms with Gasteiger partial charge < -0.3 is 13.6 Å². The highest BCUT2D eigenvalue weighted by Gasteiger charge is 2.16. The van der Waals surface area contributed by atoms with Gasteiger partial charge in [-0.25, -0.2) is 4.79 Å². The summed E-state index contributed by atoms with van der Waals surface area (Å²) in [7, 11) is 0. The van der Waals surface area contributed by atoms with E-state index in [1.165, 1.54) is 24.5 Å². The third-order valence-corrected chi connectivity index (χ3v) is 3.31. The molecule has 9 heteroatoms. The van der Waals surface area contributed by atoms with E-state index in [0.29, 0.717) is 16.0 Å². The third kappa shape index (κ3) is 3.99. The summed E-state index contributed by atoms with van der Waals surface area (Å²) in [4.78, 5) is 35.0. The number of halogens is 1.